The Morgan fingerprint density at radius 2 is 1.07 bits per heavy atom. The highest BCUT2D eigenvalue weighted by molar-refractivity contribution is 6.28. The van der Waals surface area contributed by atoms with Crippen LogP contribution in [0.2, 0.25) is 0 Å². The average molecular weight is 767 g/mol. The molecule has 8 aromatic carbocycles. The third-order valence-electron chi connectivity index (χ3n) is 12.7. The Labute approximate surface area is 346 Å². The molecule has 0 saturated carbocycles. The largest absolute Gasteiger partial charge is 0.435 e. The van der Waals surface area contributed by atoms with E-state index >= 15 is 0 Å². The number of rotatable bonds is 3. The molecule has 0 N–H and O–H groups in total. The molecule has 1 aliphatic heterocycles. The van der Waals surface area contributed by atoms with Gasteiger partial charge in [-0.05, 0) is 62.7 Å². The second kappa shape index (κ2) is 12.6. The predicted octanol–water partition coefficient (Wildman–Crippen LogP) is 13.1. The van der Waals surface area contributed by atoms with Crippen LogP contribution in [-0.4, -0.2) is 21.2 Å². The molecule has 60 heavy (non-hydrogen) atoms. The summed E-state index contributed by atoms with van der Waals surface area (Å²) in [5.74, 6) is 1.19. The molecule has 13 rings (SSSR count). The monoisotopic (exact) mass is 766 g/mol. The summed E-state index contributed by atoms with van der Waals surface area (Å²) in [7, 11) is 0. The van der Waals surface area contributed by atoms with Gasteiger partial charge in [0.05, 0.1) is 27.9 Å². The van der Waals surface area contributed by atoms with Crippen LogP contribution in [0.15, 0.2) is 209 Å². The second-order valence-corrected chi connectivity index (χ2v) is 15.8. The van der Waals surface area contributed by atoms with Crippen molar-refractivity contribution in [2.45, 2.75) is 11.8 Å². The Morgan fingerprint density at radius 3 is 1.75 bits per heavy atom. The van der Waals surface area contributed by atoms with Crippen molar-refractivity contribution in [1.82, 2.24) is 9.55 Å². The van der Waals surface area contributed by atoms with Gasteiger partial charge in [-0.25, -0.2) is 15.0 Å². The summed E-state index contributed by atoms with van der Waals surface area (Å²) in [5.41, 5.74) is 17.4. The van der Waals surface area contributed by atoms with Crippen LogP contribution in [0.3, 0.4) is 0 Å². The maximum absolute atomic E-state index is 7.13. The van der Waals surface area contributed by atoms with Crippen LogP contribution in [0.25, 0.3) is 72.3 Å². The lowest BCUT2D eigenvalue weighted by atomic mass is 9.70. The van der Waals surface area contributed by atoms with Crippen LogP contribution < -0.4 is 0 Å². The van der Waals surface area contributed by atoms with Crippen LogP contribution in [0.4, 0.5) is 0 Å². The lowest BCUT2D eigenvalue weighted by Crippen LogP contribution is -2.27. The zero-order valence-electron chi connectivity index (χ0n) is 32.4. The number of aliphatic imine (C=N–C) groups is 2. The average Bonchev–Trinajstić information content (AvgIpc) is 4.02. The summed E-state index contributed by atoms with van der Waals surface area (Å²) < 4.78 is 9.46. The first kappa shape index (κ1) is 33.1. The van der Waals surface area contributed by atoms with Gasteiger partial charge in [0.1, 0.15) is 5.52 Å². The Balaban J connectivity index is 1.27. The van der Waals surface area contributed by atoms with Crippen molar-refractivity contribution >= 4 is 50.3 Å². The number of fused-ring (bicyclic) bond motifs is 17. The van der Waals surface area contributed by atoms with E-state index in [0.29, 0.717) is 18.3 Å². The fourth-order valence-corrected chi connectivity index (χ4v) is 10.3. The van der Waals surface area contributed by atoms with Gasteiger partial charge in [-0.3, -0.25) is 4.57 Å². The van der Waals surface area contributed by atoms with Crippen molar-refractivity contribution in [3.8, 4) is 33.7 Å². The summed E-state index contributed by atoms with van der Waals surface area (Å²) in [6, 6.07) is 66.7. The van der Waals surface area contributed by atoms with Crippen LogP contribution in [0.5, 0.6) is 0 Å². The predicted molar refractivity (Wildman–Crippen MR) is 244 cm³/mol. The van der Waals surface area contributed by atoms with Crippen molar-refractivity contribution in [1.29, 1.82) is 0 Å². The first-order valence-corrected chi connectivity index (χ1v) is 20.5. The van der Waals surface area contributed by atoms with Gasteiger partial charge in [-0.15, -0.1) is 0 Å². The third-order valence-corrected chi connectivity index (χ3v) is 12.7. The zero-order chi connectivity index (χ0) is 39.4. The number of hydrogen-bond acceptors (Lipinski definition) is 4. The molecule has 280 valence electrons. The smallest absolute Gasteiger partial charge is 0.235 e. The number of benzene rings is 8. The van der Waals surface area contributed by atoms with Crippen molar-refractivity contribution in [3.05, 3.63) is 228 Å². The van der Waals surface area contributed by atoms with Crippen LogP contribution >= 0.6 is 0 Å². The third kappa shape index (κ3) is 4.43. The van der Waals surface area contributed by atoms with Gasteiger partial charge in [-0.1, -0.05) is 176 Å². The molecule has 0 radical (unpaired) electrons. The summed E-state index contributed by atoms with van der Waals surface area (Å²) >= 11 is 0. The second-order valence-electron chi connectivity index (χ2n) is 15.8. The SMILES string of the molecule is C1=C(c2ccccc2)N=C(n2c3ccccc3c3c4nc(-c5ccccc5)oc4c4c(c32)C2(c3ccccc3-c3ccccc32)c2ccccc2-4)N=C(c2ccccc2)C1. The number of oxazole rings is 1. The fourth-order valence-electron chi connectivity index (χ4n) is 10.3. The molecule has 10 aromatic rings. The lowest BCUT2D eigenvalue weighted by Gasteiger charge is -2.31. The van der Waals surface area contributed by atoms with Gasteiger partial charge in [-0.2, -0.15) is 0 Å². The molecule has 0 bridgehead atoms. The van der Waals surface area contributed by atoms with Crippen LogP contribution in [-0.2, 0) is 5.41 Å². The lowest BCUT2D eigenvalue weighted by molar-refractivity contribution is 0.620. The molecule has 5 nitrogen and oxygen atoms in total. The van der Waals surface area contributed by atoms with E-state index in [9.17, 15) is 0 Å². The highest BCUT2D eigenvalue weighted by Crippen LogP contribution is 2.66. The first-order chi connectivity index (χ1) is 29.8. The molecule has 0 amide bonds. The molecule has 2 aromatic heterocycles. The van der Waals surface area contributed by atoms with Gasteiger partial charge < -0.3 is 4.42 Å². The van der Waals surface area contributed by atoms with Gasteiger partial charge in [0, 0.05) is 33.9 Å². The maximum atomic E-state index is 7.13. The van der Waals surface area contributed by atoms with Crippen molar-refractivity contribution in [2.75, 3.05) is 0 Å². The number of para-hydroxylation sites is 1. The highest BCUT2D eigenvalue weighted by atomic mass is 16.3. The van der Waals surface area contributed by atoms with E-state index in [4.69, 9.17) is 19.4 Å². The normalized spacial score (nSPS) is 14.7. The Morgan fingerprint density at radius 1 is 0.517 bits per heavy atom. The van der Waals surface area contributed by atoms with E-state index < -0.39 is 5.41 Å². The maximum Gasteiger partial charge on any atom is 0.235 e. The number of nitrogens with zero attached hydrogens (tertiary/aromatic N) is 4. The van der Waals surface area contributed by atoms with Gasteiger partial charge in [0.25, 0.3) is 0 Å². The molecule has 2 aliphatic carbocycles. The van der Waals surface area contributed by atoms with Gasteiger partial charge >= 0.3 is 0 Å². The standard InChI is InChI=1S/C55H34N4O/c1-4-18-34(19-5-1)44-32-33-45(35-20-6-2-7-21-35)57-54(56-44)59-46-31-17-13-27-40(46)48-50-52(60-53(58-50)36-22-8-3-9-23-36)47-39-26-12-16-30-43(39)55(49(47)51(48)59)41-28-14-10-24-37(41)38-25-11-15-29-42(38)55/h1-32H,33H2. The molecule has 3 aliphatic rings. The molecular formula is C55H34N4O. The molecule has 5 heteroatoms. The summed E-state index contributed by atoms with van der Waals surface area (Å²) in [4.78, 5) is 16.6. The van der Waals surface area contributed by atoms with E-state index in [1.165, 1.54) is 27.8 Å². The van der Waals surface area contributed by atoms with Gasteiger partial charge in [0.15, 0.2) is 5.58 Å². The summed E-state index contributed by atoms with van der Waals surface area (Å²) in [6.07, 6.45) is 2.84. The topological polar surface area (TPSA) is 55.7 Å². The van der Waals surface area contributed by atoms with Crippen molar-refractivity contribution < 1.29 is 4.42 Å². The Bertz CT molecular complexity index is 3450. The molecule has 1 spiro atoms. The van der Waals surface area contributed by atoms with E-state index in [1.807, 2.05) is 18.2 Å². The zero-order valence-corrected chi connectivity index (χ0v) is 32.4. The van der Waals surface area contributed by atoms with E-state index in [1.54, 1.807) is 0 Å². The van der Waals surface area contributed by atoms with Crippen LogP contribution in [0.1, 0.15) is 39.8 Å². The minimum atomic E-state index is -0.688. The number of allylic oxidation sites excluding steroid dienone is 1. The van der Waals surface area contributed by atoms with Crippen LogP contribution in [0, 0.1) is 0 Å². The Hall–Kier alpha value is -7.89. The quantitative estimate of drug-likeness (QED) is 0.180. The molecular weight excluding hydrogens is 733 g/mol. The number of aromatic nitrogens is 2. The molecule has 0 saturated heterocycles. The van der Waals surface area contributed by atoms with E-state index in [0.717, 1.165) is 77.7 Å². The highest BCUT2D eigenvalue weighted by Gasteiger charge is 2.54. The number of hydrogen-bond donors (Lipinski definition) is 0. The van der Waals surface area contributed by atoms with Crippen molar-refractivity contribution in [2.24, 2.45) is 9.98 Å². The molecule has 0 atom stereocenters. The first-order valence-electron chi connectivity index (χ1n) is 20.5. The van der Waals surface area contributed by atoms with Crippen molar-refractivity contribution in [3.63, 3.8) is 0 Å². The van der Waals surface area contributed by atoms with Gasteiger partial charge in [0.2, 0.25) is 11.9 Å². The minimum absolute atomic E-state index is 0.591. The Kier molecular flexibility index (Phi) is 6.93. The summed E-state index contributed by atoms with van der Waals surface area (Å²) in [6.45, 7) is 0. The van der Waals surface area contributed by atoms with E-state index in [-0.39, 0.29) is 0 Å². The fraction of sp³-hybridized carbons (Fsp3) is 0.0364. The summed E-state index contributed by atoms with van der Waals surface area (Å²) in [5, 5.41) is 2.08. The van der Waals surface area contributed by atoms with E-state index in [2.05, 4.69) is 181 Å². The molecule has 0 fully saturated rings. The molecule has 3 heterocycles. The molecule has 0 unspecified atom stereocenters. The minimum Gasteiger partial charge on any atom is -0.435 e.